The molecule has 0 rings (SSSR count). The van der Waals surface area contributed by atoms with Gasteiger partial charge in [0.1, 0.15) is 0 Å². The van der Waals surface area contributed by atoms with Crippen molar-refractivity contribution >= 4 is 0 Å². The minimum atomic E-state index is 1.08. The first-order chi connectivity index (χ1) is 11.4. The summed E-state index contributed by atoms with van der Waals surface area (Å²) in [6.45, 7) is 4.50. The van der Waals surface area contributed by atoms with E-state index in [0.717, 1.165) is 6.42 Å². The van der Waals surface area contributed by atoms with Gasteiger partial charge in [-0.3, -0.25) is 0 Å². The fourth-order valence-corrected chi connectivity index (χ4v) is 2.72. The van der Waals surface area contributed by atoms with Gasteiger partial charge in [-0.25, -0.2) is 0 Å². The topological polar surface area (TPSA) is 0 Å². The zero-order chi connectivity index (χ0) is 16.8. The normalized spacial score (nSPS) is 12.3. The number of unbranched alkanes of at least 4 members (excludes halogenated alkanes) is 12. The summed E-state index contributed by atoms with van der Waals surface area (Å²) in [5, 5.41) is 0. The maximum atomic E-state index is 2.35. The molecule has 0 aromatic heterocycles. The van der Waals surface area contributed by atoms with Crippen LogP contribution in [-0.2, 0) is 0 Å². The Bertz CT molecular complexity index is 282. The van der Waals surface area contributed by atoms with Gasteiger partial charge in [0.05, 0.1) is 0 Å². The van der Waals surface area contributed by atoms with Crippen LogP contribution in [0.4, 0.5) is 0 Å². The summed E-state index contributed by atoms with van der Waals surface area (Å²) in [5.74, 6) is 0. The fourth-order valence-electron chi connectivity index (χ4n) is 2.72. The first kappa shape index (κ1) is 22.2. The van der Waals surface area contributed by atoms with Crippen LogP contribution in [-0.4, -0.2) is 0 Å². The second-order valence-electron chi connectivity index (χ2n) is 6.68. The van der Waals surface area contributed by atoms with Crippen LogP contribution in [0.25, 0.3) is 0 Å². The van der Waals surface area contributed by atoms with E-state index >= 15 is 0 Å². The quantitative estimate of drug-likeness (QED) is 0.143. The summed E-state index contributed by atoms with van der Waals surface area (Å²) in [4.78, 5) is 0. The van der Waals surface area contributed by atoms with Crippen LogP contribution < -0.4 is 0 Å². The largest absolute Gasteiger partial charge is 0.0882 e. The van der Waals surface area contributed by atoms with Crippen molar-refractivity contribution in [2.75, 3.05) is 0 Å². The van der Waals surface area contributed by atoms with E-state index in [1.807, 2.05) is 0 Å². The lowest BCUT2D eigenvalue weighted by molar-refractivity contribution is 0.550. The third kappa shape index (κ3) is 21.2. The standard InChI is InChI=1S/C23H42/c1-3-5-7-9-11-13-15-17-19-21-23-22-20-18-16-14-12-10-8-6-4-2/h7,9,11,13,17,19H,3-6,8,10,12,14-16,18,20-23H2,1-2H3. The van der Waals surface area contributed by atoms with Crippen LogP contribution in [0.3, 0.4) is 0 Å². The van der Waals surface area contributed by atoms with Crippen LogP contribution in [0.5, 0.6) is 0 Å². The van der Waals surface area contributed by atoms with E-state index < -0.39 is 0 Å². The van der Waals surface area contributed by atoms with E-state index in [1.54, 1.807) is 0 Å². The molecule has 0 heterocycles. The molecule has 0 aromatic rings. The Balaban J connectivity index is 3.16. The SMILES string of the molecule is CCCC=CC=CCC=CCCCCCCCCCCCCC. The van der Waals surface area contributed by atoms with Crippen LogP contribution in [0.1, 0.15) is 110 Å². The van der Waals surface area contributed by atoms with E-state index in [0.29, 0.717) is 0 Å². The molecule has 0 amide bonds. The highest BCUT2D eigenvalue weighted by Crippen LogP contribution is 2.12. The van der Waals surface area contributed by atoms with Crippen molar-refractivity contribution in [2.24, 2.45) is 0 Å². The van der Waals surface area contributed by atoms with Gasteiger partial charge in [-0.05, 0) is 25.7 Å². The van der Waals surface area contributed by atoms with Gasteiger partial charge in [0, 0.05) is 0 Å². The molecule has 0 spiro atoms. The molecule has 0 aromatic carbocycles. The maximum absolute atomic E-state index is 2.35. The number of hydrogen-bond donors (Lipinski definition) is 0. The summed E-state index contributed by atoms with van der Waals surface area (Å²) in [6.07, 6.45) is 34.0. The second kappa shape index (κ2) is 21.2. The highest BCUT2D eigenvalue weighted by Gasteiger charge is 1.92. The van der Waals surface area contributed by atoms with Crippen molar-refractivity contribution < 1.29 is 0 Å². The number of hydrogen-bond acceptors (Lipinski definition) is 0. The minimum Gasteiger partial charge on any atom is -0.0882 e. The second-order valence-corrected chi connectivity index (χ2v) is 6.68. The zero-order valence-electron chi connectivity index (χ0n) is 16.1. The highest BCUT2D eigenvalue weighted by atomic mass is 14.0. The molecule has 0 aliphatic heterocycles. The lowest BCUT2D eigenvalue weighted by atomic mass is 10.1. The monoisotopic (exact) mass is 318 g/mol. The smallest absolute Gasteiger partial charge is 0.0166 e. The summed E-state index contributed by atoms with van der Waals surface area (Å²) in [6, 6.07) is 0. The van der Waals surface area contributed by atoms with E-state index in [1.165, 1.54) is 89.9 Å². The van der Waals surface area contributed by atoms with E-state index in [2.05, 4.69) is 50.3 Å². The third-order valence-electron chi connectivity index (χ3n) is 4.25. The Morgan fingerprint density at radius 3 is 1.61 bits per heavy atom. The Morgan fingerprint density at radius 2 is 1.00 bits per heavy atom. The molecule has 0 saturated heterocycles. The van der Waals surface area contributed by atoms with Crippen LogP contribution in [0, 0.1) is 0 Å². The Labute approximate surface area is 147 Å². The van der Waals surface area contributed by atoms with E-state index in [4.69, 9.17) is 0 Å². The van der Waals surface area contributed by atoms with Crippen LogP contribution in [0.2, 0.25) is 0 Å². The molecule has 134 valence electrons. The predicted octanol–water partition coefficient (Wildman–Crippen LogP) is 8.55. The van der Waals surface area contributed by atoms with E-state index in [9.17, 15) is 0 Å². The Hall–Kier alpha value is -0.780. The molecule has 0 unspecified atom stereocenters. The molecule has 0 aliphatic carbocycles. The first-order valence-corrected chi connectivity index (χ1v) is 10.4. The lowest BCUT2D eigenvalue weighted by Crippen LogP contribution is -1.81. The maximum Gasteiger partial charge on any atom is -0.0166 e. The van der Waals surface area contributed by atoms with Crippen molar-refractivity contribution in [3.05, 3.63) is 36.5 Å². The van der Waals surface area contributed by atoms with Crippen LogP contribution >= 0.6 is 0 Å². The fraction of sp³-hybridized carbons (Fsp3) is 0.739. The summed E-state index contributed by atoms with van der Waals surface area (Å²) >= 11 is 0. The predicted molar refractivity (Wildman–Crippen MR) is 108 cm³/mol. The summed E-state index contributed by atoms with van der Waals surface area (Å²) in [5.41, 5.74) is 0. The van der Waals surface area contributed by atoms with Crippen molar-refractivity contribution in [3.63, 3.8) is 0 Å². The van der Waals surface area contributed by atoms with Gasteiger partial charge in [-0.2, -0.15) is 0 Å². The molecule has 23 heavy (non-hydrogen) atoms. The molecule has 0 radical (unpaired) electrons. The van der Waals surface area contributed by atoms with E-state index in [-0.39, 0.29) is 0 Å². The third-order valence-corrected chi connectivity index (χ3v) is 4.25. The molecule has 0 saturated carbocycles. The number of rotatable bonds is 17. The molecule has 0 heteroatoms. The molecule has 0 fully saturated rings. The average Bonchev–Trinajstić information content (AvgIpc) is 2.57. The highest BCUT2D eigenvalue weighted by molar-refractivity contribution is 5.04. The van der Waals surface area contributed by atoms with Gasteiger partial charge in [-0.1, -0.05) is 121 Å². The van der Waals surface area contributed by atoms with Gasteiger partial charge in [0.25, 0.3) is 0 Å². The van der Waals surface area contributed by atoms with Gasteiger partial charge in [-0.15, -0.1) is 0 Å². The molecule has 0 bridgehead atoms. The van der Waals surface area contributed by atoms with Gasteiger partial charge >= 0.3 is 0 Å². The molecular formula is C23H42. The van der Waals surface area contributed by atoms with Crippen molar-refractivity contribution in [1.29, 1.82) is 0 Å². The first-order valence-electron chi connectivity index (χ1n) is 10.4. The lowest BCUT2D eigenvalue weighted by Gasteiger charge is -2.01. The van der Waals surface area contributed by atoms with Gasteiger partial charge < -0.3 is 0 Å². The van der Waals surface area contributed by atoms with Crippen molar-refractivity contribution in [1.82, 2.24) is 0 Å². The molecule has 0 N–H and O–H groups in total. The average molecular weight is 319 g/mol. The molecular weight excluding hydrogens is 276 g/mol. The van der Waals surface area contributed by atoms with Crippen molar-refractivity contribution in [2.45, 2.75) is 110 Å². The van der Waals surface area contributed by atoms with Gasteiger partial charge in [0.2, 0.25) is 0 Å². The number of allylic oxidation sites excluding steroid dienone is 6. The Morgan fingerprint density at radius 1 is 0.435 bits per heavy atom. The molecule has 0 atom stereocenters. The minimum absolute atomic E-state index is 1.08. The zero-order valence-corrected chi connectivity index (χ0v) is 16.1. The van der Waals surface area contributed by atoms with Gasteiger partial charge in [0.15, 0.2) is 0 Å². The van der Waals surface area contributed by atoms with Crippen molar-refractivity contribution in [3.8, 4) is 0 Å². The summed E-state index contributed by atoms with van der Waals surface area (Å²) in [7, 11) is 0. The molecule has 0 aliphatic rings. The molecule has 0 nitrogen and oxygen atoms in total. The van der Waals surface area contributed by atoms with Crippen LogP contribution in [0.15, 0.2) is 36.5 Å². The Kier molecular flexibility index (Phi) is 20.5. The summed E-state index contributed by atoms with van der Waals surface area (Å²) < 4.78 is 0.